The van der Waals surface area contributed by atoms with Crippen LogP contribution >= 0.6 is 24.2 Å². The molecule has 0 fully saturated rings. The predicted octanol–water partition coefficient (Wildman–Crippen LogP) is 1.48. The van der Waals surface area contributed by atoms with E-state index in [1.54, 1.807) is 13.1 Å². The molecule has 1 rings (SSSR count). The van der Waals surface area contributed by atoms with Crippen molar-refractivity contribution in [3.63, 3.8) is 0 Å². The van der Waals surface area contributed by atoms with Crippen LogP contribution in [-0.4, -0.2) is 23.3 Å². The molecule has 0 aromatic heterocycles. The number of hydrogen-bond acceptors (Lipinski definition) is 3. The Balaban J connectivity index is 0.000000385. The van der Waals surface area contributed by atoms with Crippen LogP contribution in [0.3, 0.4) is 0 Å². The Labute approximate surface area is 104 Å². The monoisotopic (exact) mass is 261 g/mol. The Morgan fingerprint density at radius 1 is 1.56 bits per heavy atom. The number of aliphatic imine (C=N–C) groups is 1. The Morgan fingerprint density at radius 3 is 2.38 bits per heavy atom. The summed E-state index contributed by atoms with van der Waals surface area (Å²) in [5, 5.41) is 9.07. The summed E-state index contributed by atoms with van der Waals surface area (Å²) in [6.07, 6.45) is 0. The minimum Gasteiger partial charge on any atom is -0.478 e. The van der Waals surface area contributed by atoms with E-state index in [9.17, 15) is 4.79 Å². The first kappa shape index (κ1) is 14.6. The maximum Gasteiger partial charge on any atom is 0.337 e. The zero-order valence-corrected chi connectivity index (χ0v) is 10.2. The summed E-state index contributed by atoms with van der Waals surface area (Å²) in [4.78, 5) is 13.9. The van der Waals surface area contributed by atoms with Crippen molar-refractivity contribution in [2.75, 3.05) is 12.8 Å². The van der Waals surface area contributed by atoms with Crippen LogP contribution in [0.25, 0.3) is 0 Å². The molecule has 88 valence electrons. The zero-order valence-electron chi connectivity index (χ0n) is 8.51. The van der Waals surface area contributed by atoms with Gasteiger partial charge in [0, 0.05) is 12.7 Å². The molecule has 0 aliphatic carbocycles. The number of carbonyl (C=O) groups is 1. The third-order valence-corrected chi connectivity index (χ3v) is 1.98. The highest BCUT2D eigenvalue weighted by Gasteiger charge is 2.07. The first-order valence-corrected chi connectivity index (χ1v) is 4.90. The van der Waals surface area contributed by atoms with Crippen molar-refractivity contribution < 1.29 is 9.90 Å². The van der Waals surface area contributed by atoms with Crippen molar-refractivity contribution in [1.82, 2.24) is 0 Å². The van der Waals surface area contributed by atoms with Crippen LogP contribution in [0, 0.1) is 0 Å². The SMILES string of the molecule is CN=C(N)S.Nc1ccc(Cl)c(C(=O)O)c1. The molecule has 0 spiro atoms. The molecule has 0 amide bonds. The van der Waals surface area contributed by atoms with Crippen molar-refractivity contribution in [3.8, 4) is 0 Å². The van der Waals surface area contributed by atoms with Crippen molar-refractivity contribution in [1.29, 1.82) is 0 Å². The van der Waals surface area contributed by atoms with Crippen LogP contribution in [0.15, 0.2) is 23.2 Å². The average Bonchev–Trinajstić information content (AvgIpc) is 2.22. The van der Waals surface area contributed by atoms with Crippen LogP contribution in [-0.2, 0) is 0 Å². The Morgan fingerprint density at radius 2 is 2.06 bits per heavy atom. The van der Waals surface area contributed by atoms with Crippen molar-refractivity contribution in [2.24, 2.45) is 10.7 Å². The average molecular weight is 262 g/mol. The highest BCUT2D eigenvalue weighted by atomic mass is 35.5. The Bertz CT molecular complexity index is 406. The molecule has 0 unspecified atom stereocenters. The first-order chi connectivity index (χ1) is 7.38. The van der Waals surface area contributed by atoms with Gasteiger partial charge in [-0.05, 0) is 18.2 Å². The molecular weight excluding hydrogens is 250 g/mol. The van der Waals surface area contributed by atoms with Crippen molar-refractivity contribution in [3.05, 3.63) is 28.8 Å². The molecule has 0 heterocycles. The van der Waals surface area contributed by atoms with Gasteiger partial charge in [0.2, 0.25) is 0 Å². The van der Waals surface area contributed by atoms with Gasteiger partial charge in [-0.15, -0.1) is 12.6 Å². The van der Waals surface area contributed by atoms with E-state index in [-0.39, 0.29) is 10.6 Å². The molecule has 0 radical (unpaired) electrons. The van der Waals surface area contributed by atoms with Crippen molar-refractivity contribution >= 4 is 41.1 Å². The van der Waals surface area contributed by atoms with Crippen LogP contribution in [0.4, 0.5) is 5.69 Å². The van der Waals surface area contributed by atoms with E-state index in [4.69, 9.17) is 28.2 Å². The molecule has 0 aliphatic rings. The number of nitrogen functional groups attached to an aromatic ring is 1. The van der Waals surface area contributed by atoms with Gasteiger partial charge >= 0.3 is 5.97 Å². The third-order valence-electron chi connectivity index (χ3n) is 1.45. The van der Waals surface area contributed by atoms with E-state index in [0.29, 0.717) is 10.9 Å². The van der Waals surface area contributed by atoms with Gasteiger partial charge < -0.3 is 16.6 Å². The summed E-state index contributed by atoms with van der Waals surface area (Å²) in [6, 6.07) is 4.33. The fourth-order valence-corrected chi connectivity index (χ4v) is 0.905. The second-order valence-corrected chi connectivity index (χ2v) is 3.49. The van der Waals surface area contributed by atoms with E-state index in [0.717, 1.165) is 0 Å². The lowest BCUT2D eigenvalue weighted by atomic mass is 10.2. The fraction of sp³-hybridized carbons (Fsp3) is 0.111. The minimum absolute atomic E-state index is 0.0340. The van der Waals surface area contributed by atoms with E-state index in [1.807, 2.05) is 0 Å². The van der Waals surface area contributed by atoms with Crippen LogP contribution in [0.2, 0.25) is 5.02 Å². The number of halogens is 1. The summed E-state index contributed by atoms with van der Waals surface area (Å²) in [5.41, 5.74) is 10.7. The molecule has 0 aliphatic heterocycles. The van der Waals surface area contributed by atoms with Crippen LogP contribution < -0.4 is 11.5 Å². The van der Waals surface area contributed by atoms with Crippen LogP contribution in [0.5, 0.6) is 0 Å². The van der Waals surface area contributed by atoms with Gasteiger partial charge in [0.15, 0.2) is 0 Å². The van der Waals surface area contributed by atoms with E-state index in [1.165, 1.54) is 12.1 Å². The summed E-state index contributed by atoms with van der Waals surface area (Å²) in [7, 11) is 1.59. The predicted molar refractivity (Wildman–Crippen MR) is 69.4 cm³/mol. The van der Waals surface area contributed by atoms with Gasteiger partial charge in [-0.25, -0.2) is 4.79 Å². The van der Waals surface area contributed by atoms with E-state index < -0.39 is 5.97 Å². The number of amidine groups is 1. The lowest BCUT2D eigenvalue weighted by molar-refractivity contribution is 0.0697. The zero-order chi connectivity index (χ0) is 12.7. The van der Waals surface area contributed by atoms with Gasteiger partial charge in [0.1, 0.15) is 5.17 Å². The molecule has 5 N–H and O–H groups in total. The molecule has 1 aromatic carbocycles. The molecule has 16 heavy (non-hydrogen) atoms. The largest absolute Gasteiger partial charge is 0.478 e. The number of anilines is 1. The summed E-state index contributed by atoms with van der Waals surface area (Å²) in [5.74, 6) is -1.07. The topological polar surface area (TPSA) is 102 Å². The normalized spacial score (nSPS) is 10.3. The second kappa shape index (κ2) is 6.97. The van der Waals surface area contributed by atoms with Gasteiger partial charge in [0.25, 0.3) is 0 Å². The van der Waals surface area contributed by atoms with E-state index in [2.05, 4.69) is 17.6 Å². The maximum atomic E-state index is 10.4. The number of hydrogen-bond donors (Lipinski definition) is 4. The van der Waals surface area contributed by atoms with Gasteiger partial charge in [-0.1, -0.05) is 11.6 Å². The molecule has 1 aromatic rings. The number of aromatic carboxylic acids is 1. The molecule has 0 saturated carbocycles. The Kier molecular flexibility index (Phi) is 6.36. The summed E-state index contributed by atoms with van der Waals surface area (Å²) < 4.78 is 0. The van der Waals surface area contributed by atoms with Gasteiger partial charge in [-0.2, -0.15) is 0 Å². The molecule has 0 bridgehead atoms. The Hall–Kier alpha value is -1.40. The second-order valence-electron chi connectivity index (χ2n) is 2.63. The highest BCUT2D eigenvalue weighted by Crippen LogP contribution is 2.18. The third kappa shape index (κ3) is 5.47. The molecule has 5 nitrogen and oxygen atoms in total. The molecule has 0 saturated heterocycles. The van der Waals surface area contributed by atoms with Crippen LogP contribution in [0.1, 0.15) is 10.4 Å². The summed E-state index contributed by atoms with van der Waals surface area (Å²) in [6.45, 7) is 0. The van der Waals surface area contributed by atoms with E-state index >= 15 is 0 Å². The standard InChI is InChI=1S/C7H6ClNO2.C2H6N2S/c8-6-2-1-4(9)3-5(6)7(10)11;1-4-2(3)5/h1-3H,9H2,(H,10,11);1H3,(H3,3,4,5). The number of nitrogens with two attached hydrogens (primary N) is 2. The lowest BCUT2D eigenvalue weighted by Gasteiger charge is -1.98. The number of carboxylic acids is 1. The summed E-state index contributed by atoms with van der Waals surface area (Å²) >= 11 is 9.18. The molecular formula is C9H12ClN3O2S. The molecule has 7 heteroatoms. The smallest absolute Gasteiger partial charge is 0.337 e. The minimum atomic E-state index is -1.07. The highest BCUT2D eigenvalue weighted by molar-refractivity contribution is 7.96. The number of benzene rings is 1. The number of rotatable bonds is 1. The fourth-order valence-electron chi connectivity index (χ4n) is 0.707. The lowest BCUT2D eigenvalue weighted by Crippen LogP contribution is -1.99. The quantitative estimate of drug-likeness (QED) is 0.266. The maximum absolute atomic E-state index is 10.4. The first-order valence-electron chi connectivity index (χ1n) is 4.08. The van der Waals surface area contributed by atoms with Crippen molar-refractivity contribution in [2.45, 2.75) is 0 Å². The van der Waals surface area contributed by atoms with Gasteiger partial charge in [0.05, 0.1) is 10.6 Å². The number of thiol groups is 1. The number of nitrogens with zero attached hydrogens (tertiary/aromatic N) is 1. The van der Waals surface area contributed by atoms with Gasteiger partial charge in [-0.3, -0.25) is 4.99 Å². The molecule has 0 atom stereocenters. The number of carboxylic acid groups (broad SMARTS) is 1.